The Morgan fingerprint density at radius 2 is 1.92 bits per heavy atom. The number of aliphatic hydroxyl groups excluding tert-OH is 1. The van der Waals surface area contributed by atoms with Crippen LogP contribution >= 0.6 is 0 Å². The monoisotopic (exact) mass is 170 g/mol. The van der Waals surface area contributed by atoms with Crippen molar-refractivity contribution in [2.45, 2.75) is 58.5 Å². The van der Waals surface area contributed by atoms with Gasteiger partial charge in [0.05, 0.1) is 6.10 Å². The van der Waals surface area contributed by atoms with Crippen LogP contribution in [0.5, 0.6) is 0 Å². The molecule has 1 aliphatic carbocycles. The van der Waals surface area contributed by atoms with E-state index < -0.39 is 0 Å². The van der Waals surface area contributed by atoms with Crippen LogP contribution in [0.2, 0.25) is 0 Å². The molecule has 12 heavy (non-hydrogen) atoms. The van der Waals surface area contributed by atoms with Gasteiger partial charge in [-0.2, -0.15) is 0 Å². The average Bonchev–Trinajstić information content (AvgIpc) is 2.03. The van der Waals surface area contributed by atoms with Gasteiger partial charge in [-0.25, -0.2) is 0 Å². The van der Waals surface area contributed by atoms with E-state index in [1.807, 2.05) is 0 Å². The third kappa shape index (κ3) is 3.14. The summed E-state index contributed by atoms with van der Waals surface area (Å²) in [5.41, 5.74) is 0. The van der Waals surface area contributed by atoms with Crippen molar-refractivity contribution >= 4 is 0 Å². The molecule has 0 radical (unpaired) electrons. The van der Waals surface area contributed by atoms with Gasteiger partial charge in [-0.3, -0.25) is 0 Å². The fraction of sp³-hybridized carbons (Fsp3) is 1.00. The van der Waals surface area contributed by atoms with E-state index >= 15 is 0 Å². The standard InChI is InChI=1S/C11H22O/c1-9(2)7-8-10-5-3-4-6-11(10)12/h9-12H,3-8H2,1-2H3/t10-,11-/m0/s1. The van der Waals surface area contributed by atoms with Crippen LogP contribution < -0.4 is 0 Å². The first-order valence-electron chi connectivity index (χ1n) is 5.38. The summed E-state index contributed by atoms with van der Waals surface area (Å²) in [5.74, 6) is 1.40. The SMILES string of the molecule is CC(C)CC[C@@H]1CCCC[C@@H]1O. The summed E-state index contributed by atoms with van der Waals surface area (Å²) in [6, 6.07) is 0. The summed E-state index contributed by atoms with van der Waals surface area (Å²) < 4.78 is 0. The van der Waals surface area contributed by atoms with Gasteiger partial charge >= 0.3 is 0 Å². The van der Waals surface area contributed by atoms with E-state index in [0.717, 1.165) is 12.3 Å². The molecule has 1 rings (SSSR count). The lowest BCUT2D eigenvalue weighted by molar-refractivity contribution is 0.0625. The van der Waals surface area contributed by atoms with Crippen molar-refractivity contribution in [2.24, 2.45) is 11.8 Å². The second-order valence-corrected chi connectivity index (χ2v) is 4.58. The number of aliphatic hydroxyl groups is 1. The first kappa shape index (κ1) is 10.0. The molecule has 0 aromatic carbocycles. The van der Waals surface area contributed by atoms with Crippen LogP contribution in [-0.4, -0.2) is 11.2 Å². The van der Waals surface area contributed by atoms with Crippen molar-refractivity contribution in [3.8, 4) is 0 Å². The smallest absolute Gasteiger partial charge is 0.0568 e. The Balaban J connectivity index is 2.20. The largest absolute Gasteiger partial charge is 0.393 e. The summed E-state index contributed by atoms with van der Waals surface area (Å²) in [7, 11) is 0. The number of hydrogen-bond donors (Lipinski definition) is 1. The van der Waals surface area contributed by atoms with E-state index in [2.05, 4.69) is 13.8 Å². The van der Waals surface area contributed by atoms with Crippen LogP contribution in [0.25, 0.3) is 0 Å². The fourth-order valence-corrected chi connectivity index (χ4v) is 2.07. The van der Waals surface area contributed by atoms with Gasteiger partial charge < -0.3 is 5.11 Å². The Labute approximate surface area is 76.2 Å². The second-order valence-electron chi connectivity index (χ2n) is 4.58. The van der Waals surface area contributed by atoms with Gasteiger partial charge in [-0.1, -0.05) is 33.1 Å². The minimum absolute atomic E-state index is 0.0116. The van der Waals surface area contributed by atoms with Crippen molar-refractivity contribution in [1.29, 1.82) is 0 Å². The lowest BCUT2D eigenvalue weighted by Gasteiger charge is -2.27. The van der Waals surface area contributed by atoms with Crippen LogP contribution in [0.1, 0.15) is 52.4 Å². The Morgan fingerprint density at radius 3 is 2.50 bits per heavy atom. The zero-order valence-electron chi connectivity index (χ0n) is 8.42. The van der Waals surface area contributed by atoms with E-state index in [-0.39, 0.29) is 6.10 Å². The fourth-order valence-electron chi connectivity index (χ4n) is 2.07. The van der Waals surface area contributed by atoms with E-state index in [4.69, 9.17) is 0 Å². The van der Waals surface area contributed by atoms with Gasteiger partial charge in [0.2, 0.25) is 0 Å². The van der Waals surface area contributed by atoms with E-state index in [1.54, 1.807) is 0 Å². The Hall–Kier alpha value is -0.0400. The molecule has 0 aliphatic heterocycles. The molecule has 2 atom stereocenters. The summed E-state index contributed by atoms with van der Waals surface area (Å²) >= 11 is 0. The van der Waals surface area contributed by atoms with Crippen molar-refractivity contribution in [3.63, 3.8) is 0 Å². The lowest BCUT2D eigenvalue weighted by atomic mass is 9.82. The molecule has 0 spiro atoms. The molecule has 1 fully saturated rings. The Morgan fingerprint density at radius 1 is 1.25 bits per heavy atom. The minimum atomic E-state index is 0.0116. The van der Waals surface area contributed by atoms with Crippen LogP contribution in [0, 0.1) is 11.8 Å². The minimum Gasteiger partial charge on any atom is -0.393 e. The predicted octanol–water partition coefficient (Wildman–Crippen LogP) is 2.97. The third-order valence-electron chi connectivity index (χ3n) is 2.98. The van der Waals surface area contributed by atoms with E-state index in [1.165, 1.54) is 32.1 Å². The molecule has 1 heteroatoms. The molecule has 1 nitrogen and oxygen atoms in total. The van der Waals surface area contributed by atoms with Crippen molar-refractivity contribution in [3.05, 3.63) is 0 Å². The normalized spacial score (nSPS) is 31.0. The molecule has 1 N–H and O–H groups in total. The molecule has 0 bridgehead atoms. The average molecular weight is 170 g/mol. The third-order valence-corrected chi connectivity index (χ3v) is 2.98. The molecule has 72 valence electrons. The van der Waals surface area contributed by atoms with E-state index in [9.17, 15) is 5.11 Å². The maximum absolute atomic E-state index is 9.68. The Bertz CT molecular complexity index is 120. The molecule has 0 amide bonds. The van der Waals surface area contributed by atoms with Crippen LogP contribution in [0.4, 0.5) is 0 Å². The van der Waals surface area contributed by atoms with Gasteiger partial charge in [0.1, 0.15) is 0 Å². The molecular weight excluding hydrogens is 148 g/mol. The van der Waals surface area contributed by atoms with Crippen LogP contribution in [0.3, 0.4) is 0 Å². The first-order chi connectivity index (χ1) is 5.70. The maximum atomic E-state index is 9.68. The van der Waals surface area contributed by atoms with Gasteiger partial charge in [-0.15, -0.1) is 0 Å². The zero-order valence-corrected chi connectivity index (χ0v) is 8.42. The van der Waals surface area contributed by atoms with Gasteiger partial charge in [0.15, 0.2) is 0 Å². The van der Waals surface area contributed by atoms with E-state index in [0.29, 0.717) is 5.92 Å². The molecule has 1 saturated carbocycles. The van der Waals surface area contributed by atoms with Crippen LogP contribution in [0.15, 0.2) is 0 Å². The van der Waals surface area contributed by atoms with Crippen molar-refractivity contribution in [2.75, 3.05) is 0 Å². The number of hydrogen-bond acceptors (Lipinski definition) is 1. The highest BCUT2D eigenvalue weighted by molar-refractivity contribution is 4.74. The van der Waals surface area contributed by atoms with Crippen molar-refractivity contribution < 1.29 is 5.11 Å². The second kappa shape index (κ2) is 4.86. The molecule has 1 aliphatic rings. The molecule has 0 heterocycles. The summed E-state index contributed by atoms with van der Waals surface area (Å²) in [5, 5.41) is 9.68. The lowest BCUT2D eigenvalue weighted by Crippen LogP contribution is -2.24. The maximum Gasteiger partial charge on any atom is 0.0568 e. The topological polar surface area (TPSA) is 20.2 Å². The number of rotatable bonds is 3. The summed E-state index contributed by atoms with van der Waals surface area (Å²) in [4.78, 5) is 0. The summed E-state index contributed by atoms with van der Waals surface area (Å²) in [6.07, 6.45) is 7.40. The van der Waals surface area contributed by atoms with Gasteiger partial charge in [0.25, 0.3) is 0 Å². The highest BCUT2D eigenvalue weighted by atomic mass is 16.3. The van der Waals surface area contributed by atoms with Crippen molar-refractivity contribution in [1.82, 2.24) is 0 Å². The predicted molar refractivity (Wildman–Crippen MR) is 52.0 cm³/mol. The molecule has 0 unspecified atom stereocenters. The highest BCUT2D eigenvalue weighted by Crippen LogP contribution is 2.28. The molecule has 0 saturated heterocycles. The zero-order chi connectivity index (χ0) is 8.97. The highest BCUT2D eigenvalue weighted by Gasteiger charge is 2.22. The molecule has 0 aromatic rings. The molecule has 0 aromatic heterocycles. The Kier molecular flexibility index (Phi) is 4.07. The molecular formula is C11H22O. The first-order valence-corrected chi connectivity index (χ1v) is 5.38. The van der Waals surface area contributed by atoms with Gasteiger partial charge in [0, 0.05) is 0 Å². The van der Waals surface area contributed by atoms with Crippen LogP contribution in [-0.2, 0) is 0 Å². The van der Waals surface area contributed by atoms with Gasteiger partial charge in [-0.05, 0) is 31.1 Å². The summed E-state index contributed by atoms with van der Waals surface area (Å²) in [6.45, 7) is 4.52. The quantitative estimate of drug-likeness (QED) is 0.690.